The standard InChI is InChI=1S/C2H4Cl3O3P/c1-8-9(6,7)2(3,4)5/h1H3,(H,6,7)/p-1. The van der Waals surface area contributed by atoms with Crippen LogP contribution in [0.15, 0.2) is 0 Å². The summed E-state index contributed by atoms with van der Waals surface area (Å²) in [6.07, 6.45) is 0. The Hall–Kier alpha value is 1.02. The van der Waals surface area contributed by atoms with Gasteiger partial charge in [-0.25, -0.2) is 0 Å². The van der Waals surface area contributed by atoms with E-state index in [9.17, 15) is 9.46 Å². The van der Waals surface area contributed by atoms with E-state index < -0.39 is 11.1 Å². The average molecular weight is 212 g/mol. The molecule has 0 spiro atoms. The fourth-order valence-corrected chi connectivity index (χ4v) is 0.932. The van der Waals surface area contributed by atoms with Crippen LogP contribution in [0.5, 0.6) is 0 Å². The van der Waals surface area contributed by atoms with Crippen LogP contribution in [0.25, 0.3) is 0 Å². The van der Waals surface area contributed by atoms with Crippen LogP contribution in [-0.4, -0.2) is 10.6 Å². The molecule has 0 saturated carbocycles. The zero-order valence-corrected chi connectivity index (χ0v) is 7.47. The lowest BCUT2D eigenvalue weighted by molar-refractivity contribution is -0.196. The molecule has 0 aromatic heterocycles. The number of hydrogen-bond donors (Lipinski definition) is 0. The smallest absolute Gasteiger partial charge is 0.253 e. The maximum absolute atomic E-state index is 10.4. The van der Waals surface area contributed by atoms with Crippen LogP contribution in [0.1, 0.15) is 0 Å². The molecule has 1 unspecified atom stereocenters. The lowest BCUT2D eigenvalue weighted by Gasteiger charge is -2.27. The van der Waals surface area contributed by atoms with Crippen LogP contribution in [0, 0.1) is 0 Å². The predicted octanol–water partition coefficient (Wildman–Crippen LogP) is 1.51. The summed E-state index contributed by atoms with van der Waals surface area (Å²) in [5.74, 6) is 0. The van der Waals surface area contributed by atoms with E-state index in [0.717, 1.165) is 7.11 Å². The maximum atomic E-state index is 10.4. The second-order valence-corrected chi connectivity index (χ2v) is 6.25. The monoisotopic (exact) mass is 211 g/mol. The first-order valence-electron chi connectivity index (χ1n) is 1.75. The van der Waals surface area contributed by atoms with Crippen molar-refractivity contribution in [2.75, 3.05) is 7.11 Å². The third-order valence-electron chi connectivity index (χ3n) is 0.551. The molecule has 0 heterocycles. The summed E-state index contributed by atoms with van der Waals surface area (Å²) in [5.41, 5.74) is 0. The van der Waals surface area contributed by atoms with Crippen LogP contribution in [0.3, 0.4) is 0 Å². The largest absolute Gasteiger partial charge is 0.776 e. The Bertz CT molecular complexity index is 140. The summed E-state index contributed by atoms with van der Waals surface area (Å²) in [6.45, 7) is 0. The Morgan fingerprint density at radius 3 is 1.89 bits per heavy atom. The molecule has 0 aliphatic rings. The SMILES string of the molecule is COP(=O)([O-])C(Cl)(Cl)Cl. The number of halogens is 3. The minimum Gasteiger partial charge on any atom is -0.776 e. The van der Waals surface area contributed by atoms with Crippen molar-refractivity contribution in [2.45, 2.75) is 3.53 Å². The Balaban J connectivity index is 4.35. The molecule has 9 heavy (non-hydrogen) atoms. The molecule has 0 amide bonds. The van der Waals surface area contributed by atoms with Gasteiger partial charge in [-0.2, -0.15) is 0 Å². The summed E-state index contributed by atoms with van der Waals surface area (Å²) < 4.78 is 12.0. The Labute approximate surface area is 67.4 Å². The molecule has 3 nitrogen and oxygen atoms in total. The van der Waals surface area contributed by atoms with Crippen molar-refractivity contribution in [3.8, 4) is 0 Å². The van der Waals surface area contributed by atoms with E-state index in [-0.39, 0.29) is 0 Å². The van der Waals surface area contributed by atoms with Gasteiger partial charge in [-0.1, -0.05) is 34.8 Å². The maximum Gasteiger partial charge on any atom is 0.253 e. The van der Waals surface area contributed by atoms with Crippen molar-refractivity contribution in [3.05, 3.63) is 0 Å². The van der Waals surface area contributed by atoms with E-state index >= 15 is 0 Å². The molecule has 7 heteroatoms. The molecular weight excluding hydrogens is 209 g/mol. The first kappa shape index (κ1) is 10.0. The second kappa shape index (κ2) is 2.95. The zero-order valence-electron chi connectivity index (χ0n) is 4.31. The molecule has 0 fully saturated rings. The van der Waals surface area contributed by atoms with Crippen molar-refractivity contribution in [2.24, 2.45) is 0 Å². The van der Waals surface area contributed by atoms with Crippen molar-refractivity contribution in [3.63, 3.8) is 0 Å². The third kappa shape index (κ3) is 2.62. The summed E-state index contributed by atoms with van der Waals surface area (Å²) in [7, 11) is -3.38. The highest BCUT2D eigenvalue weighted by molar-refractivity contribution is 7.60. The number of rotatable bonds is 1. The zero-order chi connectivity index (χ0) is 7.71. The van der Waals surface area contributed by atoms with Gasteiger partial charge in [0.05, 0.1) is 0 Å². The number of hydrogen-bond acceptors (Lipinski definition) is 3. The van der Waals surface area contributed by atoms with Crippen molar-refractivity contribution in [1.82, 2.24) is 0 Å². The molecule has 56 valence electrons. The molecule has 0 rings (SSSR count). The number of alkyl halides is 3. The minimum absolute atomic E-state index is 0.926. The van der Waals surface area contributed by atoms with E-state index in [1.54, 1.807) is 0 Å². The van der Waals surface area contributed by atoms with Gasteiger partial charge in [0.25, 0.3) is 3.53 Å². The van der Waals surface area contributed by atoms with E-state index in [4.69, 9.17) is 34.8 Å². The molecule has 0 aliphatic carbocycles. The van der Waals surface area contributed by atoms with Gasteiger partial charge in [0.1, 0.15) is 0 Å². The molecular formula is C2H3Cl3O3P-. The highest BCUT2D eigenvalue weighted by Gasteiger charge is 2.34. The lowest BCUT2D eigenvalue weighted by Crippen LogP contribution is -2.16. The van der Waals surface area contributed by atoms with Gasteiger partial charge >= 0.3 is 0 Å². The van der Waals surface area contributed by atoms with Crippen LogP contribution in [0.2, 0.25) is 0 Å². The van der Waals surface area contributed by atoms with Crippen LogP contribution >= 0.6 is 42.4 Å². The van der Waals surface area contributed by atoms with E-state index in [0.29, 0.717) is 0 Å². The van der Waals surface area contributed by atoms with Gasteiger partial charge in [-0.3, -0.25) is 0 Å². The summed E-state index contributed by atoms with van der Waals surface area (Å²) in [6, 6.07) is 0. The summed E-state index contributed by atoms with van der Waals surface area (Å²) >= 11 is 14.9. The molecule has 1 atom stereocenters. The lowest BCUT2D eigenvalue weighted by atomic mass is 11.8. The molecule has 0 aliphatic heterocycles. The first-order valence-corrected chi connectivity index (χ1v) is 4.42. The van der Waals surface area contributed by atoms with Gasteiger partial charge < -0.3 is 14.0 Å². The Morgan fingerprint density at radius 1 is 1.56 bits per heavy atom. The summed E-state index contributed by atoms with van der Waals surface area (Å²) in [4.78, 5) is 10.4. The molecule has 0 saturated heterocycles. The Morgan fingerprint density at radius 2 is 1.89 bits per heavy atom. The Kier molecular flexibility index (Phi) is 3.29. The van der Waals surface area contributed by atoms with Crippen LogP contribution in [-0.2, 0) is 9.09 Å². The van der Waals surface area contributed by atoms with E-state index in [2.05, 4.69) is 4.52 Å². The predicted molar refractivity (Wildman–Crippen MR) is 34.9 cm³/mol. The summed E-state index contributed by atoms with van der Waals surface area (Å²) in [5, 5.41) is 0. The van der Waals surface area contributed by atoms with Crippen molar-refractivity contribution >= 4 is 42.4 Å². The van der Waals surface area contributed by atoms with Gasteiger partial charge in [0.15, 0.2) is 7.60 Å². The highest BCUT2D eigenvalue weighted by atomic mass is 35.6. The topological polar surface area (TPSA) is 49.4 Å². The molecule has 0 aromatic carbocycles. The third-order valence-corrected chi connectivity index (χ3v) is 3.52. The van der Waals surface area contributed by atoms with Gasteiger partial charge in [-0.05, 0) is 0 Å². The molecule has 0 radical (unpaired) electrons. The fraction of sp³-hybridized carbons (Fsp3) is 1.00. The van der Waals surface area contributed by atoms with Crippen molar-refractivity contribution < 1.29 is 14.0 Å². The second-order valence-electron chi connectivity index (χ2n) is 1.15. The van der Waals surface area contributed by atoms with Crippen LogP contribution < -0.4 is 4.89 Å². The highest BCUT2D eigenvalue weighted by Crippen LogP contribution is 2.58. The molecule has 0 aromatic rings. The average Bonchev–Trinajstić information content (AvgIpc) is 1.64. The first-order chi connectivity index (χ1) is 3.81. The minimum atomic E-state index is -4.31. The molecule has 0 bridgehead atoms. The van der Waals surface area contributed by atoms with Gasteiger partial charge in [0, 0.05) is 7.11 Å². The van der Waals surface area contributed by atoms with Crippen LogP contribution in [0.4, 0.5) is 0 Å². The van der Waals surface area contributed by atoms with Gasteiger partial charge in [-0.15, -0.1) is 0 Å². The van der Waals surface area contributed by atoms with E-state index in [1.807, 2.05) is 0 Å². The fourth-order valence-electron chi connectivity index (χ4n) is 0.104. The molecule has 0 N–H and O–H groups in total. The quantitative estimate of drug-likeness (QED) is 0.489. The van der Waals surface area contributed by atoms with E-state index in [1.165, 1.54) is 0 Å². The normalized spacial score (nSPS) is 19.2. The van der Waals surface area contributed by atoms with Crippen molar-refractivity contribution in [1.29, 1.82) is 0 Å². The van der Waals surface area contributed by atoms with Gasteiger partial charge in [0.2, 0.25) is 0 Å².